The van der Waals surface area contributed by atoms with Crippen LogP contribution in [0.25, 0.3) is 0 Å². The summed E-state index contributed by atoms with van der Waals surface area (Å²) in [6, 6.07) is 6.37. The van der Waals surface area contributed by atoms with Crippen molar-refractivity contribution in [3.05, 3.63) is 56.7 Å². The first-order valence-electron chi connectivity index (χ1n) is 6.89. The van der Waals surface area contributed by atoms with Crippen LogP contribution in [0.2, 0.25) is 0 Å². The van der Waals surface area contributed by atoms with Gasteiger partial charge in [-0.2, -0.15) is 5.10 Å². The highest BCUT2D eigenvalue weighted by atomic mass is 79.9. The molecule has 0 bridgehead atoms. The molecule has 0 aliphatic carbocycles. The summed E-state index contributed by atoms with van der Waals surface area (Å²) in [5.74, 6) is -0.346. The standard InChI is InChI=1S/C15H15BrFN3O/c16-12-4-3-11(14(17)7-12)10-20-15(21)8-13(9-18-20)19-5-1-2-6-19/h3-4,7-9H,1-2,5-6,10H2. The number of nitrogens with zero attached hydrogens (tertiary/aromatic N) is 3. The van der Waals surface area contributed by atoms with Crippen LogP contribution >= 0.6 is 15.9 Å². The Kier molecular flexibility index (Phi) is 4.05. The first-order valence-corrected chi connectivity index (χ1v) is 7.69. The number of rotatable bonds is 3. The highest BCUT2D eigenvalue weighted by Crippen LogP contribution is 2.18. The highest BCUT2D eigenvalue weighted by Gasteiger charge is 2.14. The summed E-state index contributed by atoms with van der Waals surface area (Å²) in [4.78, 5) is 14.3. The summed E-state index contributed by atoms with van der Waals surface area (Å²) >= 11 is 3.21. The molecule has 1 aliphatic rings. The van der Waals surface area contributed by atoms with Gasteiger partial charge in [-0.3, -0.25) is 4.79 Å². The number of hydrogen-bond donors (Lipinski definition) is 0. The van der Waals surface area contributed by atoms with E-state index in [1.807, 2.05) is 0 Å². The molecule has 1 aromatic carbocycles. The molecule has 0 radical (unpaired) electrons. The SMILES string of the molecule is O=c1cc(N2CCCC2)cnn1Cc1ccc(Br)cc1F. The Morgan fingerprint density at radius 1 is 1.24 bits per heavy atom. The van der Waals surface area contributed by atoms with Crippen molar-refractivity contribution in [2.24, 2.45) is 0 Å². The van der Waals surface area contributed by atoms with Crippen LogP contribution in [0.15, 0.2) is 39.7 Å². The van der Waals surface area contributed by atoms with Gasteiger partial charge in [0.25, 0.3) is 5.56 Å². The van der Waals surface area contributed by atoms with Crippen molar-refractivity contribution in [1.29, 1.82) is 0 Å². The summed E-state index contributed by atoms with van der Waals surface area (Å²) in [7, 11) is 0. The lowest BCUT2D eigenvalue weighted by atomic mass is 10.2. The second-order valence-electron chi connectivity index (χ2n) is 5.14. The second kappa shape index (κ2) is 5.97. The van der Waals surface area contributed by atoms with Crippen molar-refractivity contribution in [2.45, 2.75) is 19.4 Å². The van der Waals surface area contributed by atoms with Crippen LogP contribution in [0.5, 0.6) is 0 Å². The number of aromatic nitrogens is 2. The van der Waals surface area contributed by atoms with E-state index in [0.717, 1.165) is 31.6 Å². The molecule has 0 unspecified atom stereocenters. The van der Waals surface area contributed by atoms with Crippen molar-refractivity contribution < 1.29 is 4.39 Å². The minimum atomic E-state index is -0.346. The molecule has 6 heteroatoms. The largest absolute Gasteiger partial charge is 0.370 e. The van der Waals surface area contributed by atoms with E-state index in [-0.39, 0.29) is 17.9 Å². The Labute approximate surface area is 130 Å². The maximum absolute atomic E-state index is 13.8. The molecule has 0 N–H and O–H groups in total. The Balaban J connectivity index is 1.84. The zero-order valence-corrected chi connectivity index (χ0v) is 13.0. The minimum absolute atomic E-state index is 0.137. The van der Waals surface area contributed by atoms with Gasteiger partial charge in [0.05, 0.1) is 18.4 Å². The highest BCUT2D eigenvalue weighted by molar-refractivity contribution is 9.10. The van der Waals surface area contributed by atoms with Crippen LogP contribution in [-0.4, -0.2) is 22.9 Å². The molecule has 4 nitrogen and oxygen atoms in total. The number of halogens is 2. The Morgan fingerprint density at radius 3 is 2.67 bits per heavy atom. The molecule has 1 aliphatic heterocycles. The first-order chi connectivity index (χ1) is 10.1. The van der Waals surface area contributed by atoms with Gasteiger partial charge in [-0.1, -0.05) is 22.0 Å². The lowest BCUT2D eigenvalue weighted by Gasteiger charge is -2.17. The van der Waals surface area contributed by atoms with Gasteiger partial charge >= 0.3 is 0 Å². The third kappa shape index (κ3) is 3.15. The fourth-order valence-electron chi connectivity index (χ4n) is 2.50. The van der Waals surface area contributed by atoms with E-state index in [0.29, 0.717) is 10.0 Å². The molecule has 1 saturated heterocycles. The molecule has 0 spiro atoms. The Morgan fingerprint density at radius 2 is 2.00 bits per heavy atom. The summed E-state index contributed by atoms with van der Waals surface area (Å²) < 4.78 is 15.8. The molecule has 21 heavy (non-hydrogen) atoms. The zero-order chi connectivity index (χ0) is 14.8. The van der Waals surface area contributed by atoms with E-state index >= 15 is 0 Å². The van der Waals surface area contributed by atoms with Gasteiger partial charge in [-0.25, -0.2) is 9.07 Å². The quantitative estimate of drug-likeness (QED) is 0.853. The summed E-state index contributed by atoms with van der Waals surface area (Å²) in [5, 5.41) is 4.17. The van der Waals surface area contributed by atoms with Gasteiger partial charge in [0.15, 0.2) is 0 Å². The maximum atomic E-state index is 13.8. The molecule has 110 valence electrons. The van der Waals surface area contributed by atoms with E-state index < -0.39 is 0 Å². The van der Waals surface area contributed by atoms with Gasteiger partial charge in [0.2, 0.25) is 0 Å². The van der Waals surface area contributed by atoms with E-state index in [9.17, 15) is 9.18 Å². The van der Waals surface area contributed by atoms with Gasteiger partial charge in [0, 0.05) is 29.2 Å². The van der Waals surface area contributed by atoms with Crippen molar-refractivity contribution >= 4 is 21.6 Å². The molecule has 0 saturated carbocycles. The van der Waals surface area contributed by atoms with Crippen LogP contribution in [0, 0.1) is 5.82 Å². The van der Waals surface area contributed by atoms with Gasteiger partial charge in [-0.15, -0.1) is 0 Å². The van der Waals surface area contributed by atoms with Crippen molar-refractivity contribution in [3.63, 3.8) is 0 Å². The van der Waals surface area contributed by atoms with Crippen LogP contribution in [0.3, 0.4) is 0 Å². The monoisotopic (exact) mass is 351 g/mol. The van der Waals surface area contributed by atoms with Gasteiger partial charge < -0.3 is 4.90 Å². The molecule has 0 atom stereocenters. The van der Waals surface area contributed by atoms with Crippen LogP contribution < -0.4 is 10.5 Å². The van der Waals surface area contributed by atoms with Crippen LogP contribution in [-0.2, 0) is 6.54 Å². The summed E-state index contributed by atoms with van der Waals surface area (Å²) in [5.41, 5.74) is 1.09. The Bertz CT molecular complexity index is 710. The van der Waals surface area contributed by atoms with E-state index in [1.54, 1.807) is 24.4 Å². The predicted octanol–water partition coefficient (Wildman–Crippen LogP) is 2.79. The van der Waals surface area contributed by atoms with Gasteiger partial charge in [-0.05, 0) is 25.0 Å². The molecule has 1 fully saturated rings. The normalized spacial score (nSPS) is 14.7. The summed E-state index contributed by atoms with van der Waals surface area (Å²) in [6.45, 7) is 2.07. The van der Waals surface area contributed by atoms with Crippen molar-refractivity contribution in [3.8, 4) is 0 Å². The number of benzene rings is 1. The topological polar surface area (TPSA) is 38.1 Å². The van der Waals surface area contributed by atoms with E-state index in [4.69, 9.17) is 0 Å². The molecule has 3 rings (SSSR count). The lowest BCUT2D eigenvalue weighted by molar-refractivity contribution is 0.571. The molecular weight excluding hydrogens is 337 g/mol. The fourth-order valence-corrected chi connectivity index (χ4v) is 2.84. The third-order valence-corrected chi connectivity index (χ3v) is 4.15. The average molecular weight is 352 g/mol. The molecule has 2 heterocycles. The minimum Gasteiger partial charge on any atom is -0.370 e. The summed E-state index contributed by atoms with van der Waals surface area (Å²) in [6.07, 6.45) is 3.98. The lowest BCUT2D eigenvalue weighted by Crippen LogP contribution is -2.26. The zero-order valence-electron chi connectivity index (χ0n) is 11.4. The van der Waals surface area contributed by atoms with Crippen molar-refractivity contribution in [1.82, 2.24) is 9.78 Å². The van der Waals surface area contributed by atoms with Crippen LogP contribution in [0.4, 0.5) is 10.1 Å². The predicted molar refractivity (Wildman–Crippen MR) is 83.1 cm³/mol. The second-order valence-corrected chi connectivity index (χ2v) is 6.06. The van der Waals surface area contributed by atoms with Gasteiger partial charge in [0.1, 0.15) is 5.82 Å². The molecule has 2 aromatic rings. The molecular formula is C15H15BrFN3O. The maximum Gasteiger partial charge on any atom is 0.269 e. The smallest absolute Gasteiger partial charge is 0.269 e. The number of anilines is 1. The third-order valence-electron chi connectivity index (χ3n) is 3.66. The van der Waals surface area contributed by atoms with Crippen molar-refractivity contribution in [2.75, 3.05) is 18.0 Å². The van der Waals surface area contributed by atoms with Crippen LogP contribution in [0.1, 0.15) is 18.4 Å². The molecule has 0 amide bonds. The number of hydrogen-bond acceptors (Lipinski definition) is 3. The first kappa shape index (κ1) is 14.3. The molecule has 1 aromatic heterocycles. The Hall–Kier alpha value is -1.69. The average Bonchev–Trinajstić information content (AvgIpc) is 2.98. The van der Waals surface area contributed by atoms with E-state index in [2.05, 4.69) is 25.9 Å². The fraction of sp³-hybridized carbons (Fsp3) is 0.333. The van der Waals surface area contributed by atoms with E-state index in [1.165, 1.54) is 10.7 Å².